The molecule has 2 atom stereocenters. The average Bonchev–Trinajstić information content (AvgIpc) is 2.46. The second-order valence-corrected chi connectivity index (χ2v) is 8.66. The van der Waals surface area contributed by atoms with Gasteiger partial charge in [-0.3, -0.25) is 10.1 Å². The highest BCUT2D eigenvalue weighted by Gasteiger charge is 2.37. The molecule has 0 spiro atoms. The van der Waals surface area contributed by atoms with E-state index in [0.717, 1.165) is 0 Å². The molecular formula is C13H18Cl3N5O5. The maximum Gasteiger partial charge on any atom is 0.414 e. The SMILES string of the molecule is CC(C)(C)OC(=O)N1CC[C@@H](N=[N+]=[N-])C(OC(=O)NC(=O)C(Cl)(Cl)Cl)C1. The standard InChI is InChI=1S/C13H18Cl3N5O5/c1-12(2,3)26-11(24)21-5-4-7(19-20-17)8(6-21)25-10(23)18-9(22)13(14,15)16/h7-8H,4-6H2,1-3H3,(H,18,22,23)/t7-,8?/m1/s1. The lowest BCUT2D eigenvalue weighted by Gasteiger charge is -2.36. The van der Waals surface area contributed by atoms with Crippen LogP contribution in [0.1, 0.15) is 27.2 Å². The zero-order valence-corrected chi connectivity index (χ0v) is 16.5. The van der Waals surface area contributed by atoms with Crippen LogP contribution in [0.4, 0.5) is 9.59 Å². The molecule has 146 valence electrons. The van der Waals surface area contributed by atoms with Crippen molar-refractivity contribution in [2.24, 2.45) is 5.11 Å². The molecule has 1 aliphatic heterocycles. The van der Waals surface area contributed by atoms with E-state index >= 15 is 0 Å². The lowest BCUT2D eigenvalue weighted by Crippen LogP contribution is -2.52. The second-order valence-electron chi connectivity index (χ2n) is 6.38. The fourth-order valence-electron chi connectivity index (χ4n) is 2.04. The molecule has 1 fully saturated rings. The number of hydrogen-bond donors (Lipinski definition) is 1. The highest BCUT2D eigenvalue weighted by atomic mass is 35.6. The minimum absolute atomic E-state index is 0.0893. The molecule has 0 aliphatic carbocycles. The van der Waals surface area contributed by atoms with Crippen molar-refractivity contribution in [3.8, 4) is 0 Å². The monoisotopic (exact) mass is 429 g/mol. The van der Waals surface area contributed by atoms with E-state index in [9.17, 15) is 14.4 Å². The number of imide groups is 1. The Morgan fingerprint density at radius 3 is 2.38 bits per heavy atom. The third-order valence-electron chi connectivity index (χ3n) is 3.11. The number of amides is 3. The van der Waals surface area contributed by atoms with Gasteiger partial charge >= 0.3 is 12.2 Å². The van der Waals surface area contributed by atoms with Crippen molar-refractivity contribution in [1.82, 2.24) is 10.2 Å². The zero-order valence-electron chi connectivity index (χ0n) is 14.2. The predicted octanol–water partition coefficient (Wildman–Crippen LogP) is 3.30. The molecule has 1 rings (SSSR count). The summed E-state index contributed by atoms with van der Waals surface area (Å²) in [5.74, 6) is -1.20. The van der Waals surface area contributed by atoms with Gasteiger partial charge in [0.1, 0.15) is 11.7 Å². The normalized spacial score (nSPS) is 20.6. The van der Waals surface area contributed by atoms with Crippen molar-refractivity contribution < 1.29 is 23.9 Å². The Kier molecular flexibility index (Phi) is 7.64. The Bertz CT molecular complexity index is 612. The van der Waals surface area contributed by atoms with Gasteiger partial charge in [-0.2, -0.15) is 0 Å². The number of azide groups is 1. The number of carbonyl (C=O) groups excluding carboxylic acids is 3. The summed E-state index contributed by atoms with van der Waals surface area (Å²) in [5.41, 5.74) is 7.94. The fraction of sp³-hybridized carbons (Fsp3) is 0.769. The molecule has 1 saturated heterocycles. The maximum absolute atomic E-state index is 12.2. The van der Waals surface area contributed by atoms with E-state index in [-0.39, 0.29) is 19.5 Å². The van der Waals surface area contributed by atoms with Crippen LogP contribution in [-0.4, -0.2) is 57.6 Å². The topological polar surface area (TPSA) is 134 Å². The lowest BCUT2D eigenvalue weighted by molar-refractivity contribution is -0.119. The first kappa shape index (κ1) is 22.4. The molecule has 1 heterocycles. The van der Waals surface area contributed by atoms with Crippen LogP contribution in [0.15, 0.2) is 5.11 Å². The quantitative estimate of drug-likeness (QED) is 0.310. The first-order valence-electron chi connectivity index (χ1n) is 7.44. The lowest BCUT2D eigenvalue weighted by atomic mass is 10.0. The number of alkyl halides is 3. The van der Waals surface area contributed by atoms with Gasteiger partial charge in [0.05, 0.1) is 12.6 Å². The Morgan fingerprint density at radius 2 is 1.88 bits per heavy atom. The van der Waals surface area contributed by atoms with Gasteiger partial charge in [-0.05, 0) is 32.7 Å². The number of nitrogens with one attached hydrogen (secondary N) is 1. The molecule has 1 aliphatic rings. The number of likely N-dealkylation sites (tertiary alicyclic amines) is 1. The number of carbonyl (C=O) groups is 3. The highest BCUT2D eigenvalue weighted by molar-refractivity contribution is 6.76. The number of nitrogens with zero attached hydrogens (tertiary/aromatic N) is 4. The summed E-state index contributed by atoms with van der Waals surface area (Å²) in [5, 5.41) is 5.29. The van der Waals surface area contributed by atoms with Gasteiger partial charge in [0.15, 0.2) is 0 Å². The molecule has 10 nitrogen and oxygen atoms in total. The summed E-state index contributed by atoms with van der Waals surface area (Å²) in [6.45, 7) is 5.28. The van der Waals surface area contributed by atoms with Crippen molar-refractivity contribution in [1.29, 1.82) is 0 Å². The Hall–Kier alpha value is -1.61. The molecule has 13 heteroatoms. The van der Waals surface area contributed by atoms with E-state index in [4.69, 9.17) is 49.8 Å². The van der Waals surface area contributed by atoms with Crippen LogP contribution < -0.4 is 5.32 Å². The van der Waals surface area contributed by atoms with Crippen molar-refractivity contribution >= 4 is 52.9 Å². The number of hydrogen-bond acceptors (Lipinski definition) is 6. The fourth-order valence-corrected chi connectivity index (χ4v) is 2.18. The molecule has 0 saturated carbocycles. The van der Waals surface area contributed by atoms with Crippen molar-refractivity contribution in [2.45, 2.75) is 48.7 Å². The number of halogens is 3. The number of alkyl carbamates (subject to hydrolysis) is 1. The average molecular weight is 431 g/mol. The smallest absolute Gasteiger partial charge is 0.414 e. The maximum atomic E-state index is 12.2. The highest BCUT2D eigenvalue weighted by Crippen LogP contribution is 2.26. The summed E-state index contributed by atoms with van der Waals surface area (Å²) in [6, 6.07) is -0.729. The van der Waals surface area contributed by atoms with E-state index < -0.39 is 39.6 Å². The Morgan fingerprint density at radius 1 is 1.27 bits per heavy atom. The summed E-state index contributed by atoms with van der Waals surface area (Å²) in [7, 11) is 0. The first-order chi connectivity index (χ1) is 11.8. The van der Waals surface area contributed by atoms with Gasteiger partial charge in [0.2, 0.25) is 0 Å². The molecular weight excluding hydrogens is 413 g/mol. The molecule has 1 N–H and O–H groups in total. The summed E-state index contributed by atoms with van der Waals surface area (Å²) < 4.78 is 7.98. The van der Waals surface area contributed by atoms with Gasteiger partial charge in [0, 0.05) is 11.5 Å². The molecule has 0 aromatic carbocycles. The summed E-state index contributed by atoms with van der Waals surface area (Å²) in [4.78, 5) is 39.5. The van der Waals surface area contributed by atoms with Crippen molar-refractivity contribution in [3.05, 3.63) is 10.4 Å². The van der Waals surface area contributed by atoms with Gasteiger partial charge < -0.3 is 14.4 Å². The summed E-state index contributed by atoms with van der Waals surface area (Å²) >= 11 is 16.1. The molecule has 26 heavy (non-hydrogen) atoms. The summed E-state index contributed by atoms with van der Waals surface area (Å²) in [6.07, 6.45) is -2.58. The van der Waals surface area contributed by atoms with Crippen LogP contribution in [0.5, 0.6) is 0 Å². The zero-order chi connectivity index (χ0) is 20.1. The Labute approximate surface area is 164 Å². The van der Waals surface area contributed by atoms with Gasteiger partial charge in [0.25, 0.3) is 9.70 Å². The van der Waals surface area contributed by atoms with Crippen molar-refractivity contribution in [2.75, 3.05) is 13.1 Å². The number of piperidine rings is 1. The van der Waals surface area contributed by atoms with Crippen LogP contribution in [0, 0.1) is 0 Å². The Balaban J connectivity index is 2.79. The molecule has 0 radical (unpaired) electrons. The number of rotatable bonds is 2. The molecule has 0 aromatic heterocycles. The predicted molar refractivity (Wildman–Crippen MR) is 94.1 cm³/mol. The van der Waals surface area contributed by atoms with E-state index in [1.54, 1.807) is 26.1 Å². The number of ether oxygens (including phenoxy) is 2. The molecule has 1 unspecified atom stereocenters. The van der Waals surface area contributed by atoms with Crippen LogP contribution in [0.25, 0.3) is 10.4 Å². The third-order valence-corrected chi connectivity index (χ3v) is 3.62. The van der Waals surface area contributed by atoms with Crippen LogP contribution in [-0.2, 0) is 14.3 Å². The van der Waals surface area contributed by atoms with Gasteiger partial charge in [-0.15, -0.1) is 0 Å². The first-order valence-corrected chi connectivity index (χ1v) is 8.58. The van der Waals surface area contributed by atoms with Gasteiger partial charge in [-0.25, -0.2) is 9.59 Å². The van der Waals surface area contributed by atoms with Crippen LogP contribution in [0.2, 0.25) is 0 Å². The minimum atomic E-state index is -2.35. The second kappa shape index (κ2) is 8.85. The van der Waals surface area contributed by atoms with Crippen molar-refractivity contribution in [3.63, 3.8) is 0 Å². The molecule has 3 amide bonds. The molecule has 0 aromatic rings. The van der Waals surface area contributed by atoms with E-state index in [2.05, 4.69) is 10.0 Å². The molecule has 0 bridgehead atoms. The largest absolute Gasteiger partial charge is 0.444 e. The van der Waals surface area contributed by atoms with E-state index in [1.165, 1.54) is 4.90 Å². The minimum Gasteiger partial charge on any atom is -0.444 e. The van der Waals surface area contributed by atoms with Crippen LogP contribution in [0.3, 0.4) is 0 Å². The third kappa shape index (κ3) is 7.33. The van der Waals surface area contributed by atoms with Gasteiger partial charge in [-0.1, -0.05) is 39.9 Å². The van der Waals surface area contributed by atoms with Crippen LogP contribution >= 0.6 is 34.8 Å². The van der Waals surface area contributed by atoms with E-state index in [1.807, 2.05) is 0 Å². The van der Waals surface area contributed by atoms with E-state index in [0.29, 0.717) is 0 Å².